The molecule has 4 atom stereocenters. The normalized spacial score (nSPS) is 21.0. The van der Waals surface area contributed by atoms with Crippen molar-refractivity contribution in [2.45, 2.75) is 24.4 Å². The van der Waals surface area contributed by atoms with Crippen LogP contribution in [-0.2, 0) is 38.0 Å². The molecule has 10 nitrogen and oxygen atoms in total. The Kier molecular flexibility index (Phi) is 12.6. The van der Waals surface area contributed by atoms with E-state index in [9.17, 15) is 9.59 Å². The fraction of sp³-hybridized carbons (Fsp3) is 0.467. The third-order valence-corrected chi connectivity index (χ3v) is 6.37. The van der Waals surface area contributed by atoms with Crippen LogP contribution in [0.4, 0.5) is 0 Å². The molecule has 4 rings (SSSR count). The molecule has 0 aliphatic carbocycles. The van der Waals surface area contributed by atoms with Crippen LogP contribution in [0.3, 0.4) is 0 Å². The smallest absolute Gasteiger partial charge is 0.331 e. The summed E-state index contributed by atoms with van der Waals surface area (Å²) < 4.78 is 34.2. The van der Waals surface area contributed by atoms with Crippen molar-refractivity contribution in [3.05, 3.63) is 83.9 Å². The van der Waals surface area contributed by atoms with Crippen LogP contribution in [0.15, 0.2) is 72.8 Å². The van der Waals surface area contributed by atoms with Crippen LogP contribution in [0.1, 0.15) is 23.3 Å². The lowest BCUT2D eigenvalue weighted by Crippen LogP contribution is -2.41. The van der Waals surface area contributed by atoms with Gasteiger partial charge in [0.25, 0.3) is 0 Å². The molecule has 2 fully saturated rings. The summed E-state index contributed by atoms with van der Waals surface area (Å²) in [4.78, 5) is 25.3. The van der Waals surface area contributed by atoms with E-state index < -0.39 is 24.1 Å². The Bertz CT molecular complexity index is 957. The van der Waals surface area contributed by atoms with Crippen LogP contribution in [0, 0.1) is 0 Å². The average Bonchev–Trinajstić information content (AvgIpc) is 3.01. The highest BCUT2D eigenvalue weighted by atomic mass is 16.6. The first kappa shape index (κ1) is 29.9. The van der Waals surface area contributed by atoms with Crippen LogP contribution in [-0.4, -0.2) is 90.0 Å². The molecular formula is C30H38N2O8. The van der Waals surface area contributed by atoms with Crippen LogP contribution in [0.25, 0.3) is 0 Å². The molecular weight excluding hydrogens is 516 g/mol. The summed E-state index contributed by atoms with van der Waals surface area (Å²) in [5.41, 5.74) is 1.57. The highest BCUT2D eigenvalue weighted by Gasteiger charge is 2.21. The van der Waals surface area contributed by atoms with E-state index in [1.807, 2.05) is 60.7 Å². The minimum atomic E-state index is -0.681. The quantitative estimate of drug-likeness (QED) is 0.266. The summed E-state index contributed by atoms with van der Waals surface area (Å²) in [6.45, 7) is 5.39. The first-order chi connectivity index (χ1) is 19.7. The molecule has 2 aromatic carbocycles. The van der Waals surface area contributed by atoms with Crippen LogP contribution >= 0.6 is 0 Å². The Labute approximate surface area is 234 Å². The van der Waals surface area contributed by atoms with Gasteiger partial charge in [-0.25, -0.2) is 9.59 Å². The second-order valence-corrected chi connectivity index (χ2v) is 9.47. The maximum Gasteiger partial charge on any atom is 0.331 e. The largest absolute Gasteiger partial charge is 0.452 e. The highest BCUT2D eigenvalue weighted by molar-refractivity contribution is 5.91. The van der Waals surface area contributed by atoms with Crippen molar-refractivity contribution in [1.82, 2.24) is 10.6 Å². The van der Waals surface area contributed by atoms with Gasteiger partial charge in [-0.15, -0.1) is 0 Å². The van der Waals surface area contributed by atoms with Crippen molar-refractivity contribution >= 4 is 11.9 Å². The van der Waals surface area contributed by atoms with E-state index in [2.05, 4.69) is 10.6 Å². The maximum atomic E-state index is 12.6. The van der Waals surface area contributed by atoms with Crippen molar-refractivity contribution in [2.24, 2.45) is 0 Å². The molecule has 0 bridgehead atoms. The number of carbonyl (C=O) groups excluding carboxylic acids is 2. The fourth-order valence-corrected chi connectivity index (χ4v) is 4.29. The van der Waals surface area contributed by atoms with Gasteiger partial charge in [0, 0.05) is 38.3 Å². The number of hydrogen-bond acceptors (Lipinski definition) is 10. The number of carbonyl (C=O) groups is 2. The van der Waals surface area contributed by atoms with E-state index in [0.29, 0.717) is 39.5 Å². The molecule has 10 heteroatoms. The molecule has 2 aromatic rings. The number of rotatable bonds is 14. The van der Waals surface area contributed by atoms with Gasteiger partial charge in [-0.2, -0.15) is 0 Å². The number of ether oxygens (including phenoxy) is 6. The van der Waals surface area contributed by atoms with Gasteiger partial charge in [-0.1, -0.05) is 60.7 Å². The second kappa shape index (κ2) is 16.9. The van der Waals surface area contributed by atoms with Gasteiger partial charge in [0.15, 0.2) is 12.2 Å². The zero-order valence-corrected chi connectivity index (χ0v) is 22.6. The van der Waals surface area contributed by atoms with Crippen LogP contribution in [0.2, 0.25) is 0 Å². The van der Waals surface area contributed by atoms with Crippen molar-refractivity contribution in [1.29, 1.82) is 0 Å². The predicted molar refractivity (Wildman–Crippen MR) is 147 cm³/mol. The molecule has 216 valence electrons. The van der Waals surface area contributed by atoms with Crippen LogP contribution < -0.4 is 10.6 Å². The predicted octanol–water partition coefficient (Wildman–Crippen LogP) is 2.12. The van der Waals surface area contributed by atoms with Crippen molar-refractivity contribution < 1.29 is 38.0 Å². The van der Waals surface area contributed by atoms with E-state index in [1.165, 1.54) is 0 Å². The zero-order valence-electron chi connectivity index (χ0n) is 22.6. The lowest BCUT2D eigenvalue weighted by Gasteiger charge is -2.25. The topological polar surface area (TPSA) is 114 Å². The zero-order chi connectivity index (χ0) is 27.8. The third kappa shape index (κ3) is 10.5. The van der Waals surface area contributed by atoms with E-state index >= 15 is 0 Å². The molecule has 2 aliphatic heterocycles. The summed E-state index contributed by atoms with van der Waals surface area (Å²) in [7, 11) is 0. The molecule has 40 heavy (non-hydrogen) atoms. The van der Waals surface area contributed by atoms with Gasteiger partial charge in [0.1, 0.15) is 0 Å². The number of benzene rings is 2. The molecule has 0 amide bonds. The minimum absolute atomic E-state index is 0.0519. The van der Waals surface area contributed by atoms with E-state index in [4.69, 9.17) is 28.4 Å². The molecule has 2 N–H and O–H groups in total. The summed E-state index contributed by atoms with van der Waals surface area (Å²) in [6.07, 6.45) is 0.738. The van der Waals surface area contributed by atoms with Gasteiger partial charge in [0.2, 0.25) is 0 Å². The Morgan fingerprint density at radius 3 is 1.52 bits per heavy atom. The first-order valence-corrected chi connectivity index (χ1v) is 13.7. The van der Waals surface area contributed by atoms with Gasteiger partial charge in [-0.05, 0) is 11.1 Å². The molecule has 0 radical (unpaired) electrons. The highest BCUT2D eigenvalue weighted by Crippen LogP contribution is 2.20. The SMILES string of the molecule is O=C(/C=C\C(=O)O[C@@H](COCC1CNCCO1)c1ccccc1)O[C@@H](COCC1CNCCO1)c1ccccc1. The molecule has 2 aliphatic rings. The molecule has 2 unspecified atom stereocenters. The van der Waals surface area contributed by atoms with Crippen molar-refractivity contribution in [2.75, 3.05) is 65.8 Å². The summed E-state index contributed by atoms with van der Waals surface area (Å²) in [6, 6.07) is 18.6. The van der Waals surface area contributed by atoms with Crippen molar-refractivity contribution in [3.63, 3.8) is 0 Å². The molecule has 0 saturated carbocycles. The standard InChI is InChI=1S/C30H38N2O8/c33-29(39-27(23-7-3-1-4-8-23)21-35-19-25-17-31-13-15-37-25)11-12-30(34)40-28(24-9-5-2-6-10-24)22-36-20-26-18-32-14-16-38-26/h1-12,25-28,31-32H,13-22H2/b12-11-/t25?,26?,27-,28-/m0/s1. The van der Waals surface area contributed by atoms with Gasteiger partial charge < -0.3 is 39.1 Å². The van der Waals surface area contributed by atoms with E-state index in [1.54, 1.807) is 0 Å². The summed E-state index contributed by atoms with van der Waals surface area (Å²) in [5.74, 6) is -1.36. The van der Waals surface area contributed by atoms with Gasteiger partial charge >= 0.3 is 11.9 Å². The third-order valence-electron chi connectivity index (χ3n) is 6.37. The van der Waals surface area contributed by atoms with Gasteiger partial charge in [-0.3, -0.25) is 0 Å². The minimum Gasteiger partial charge on any atom is -0.452 e. The summed E-state index contributed by atoms with van der Waals surface area (Å²) in [5, 5.41) is 6.51. The van der Waals surface area contributed by atoms with Crippen LogP contribution in [0.5, 0.6) is 0 Å². The lowest BCUT2D eigenvalue weighted by atomic mass is 10.1. The Hall–Kier alpha value is -3.12. The Balaban J connectivity index is 1.29. The van der Waals surface area contributed by atoms with Crippen molar-refractivity contribution in [3.8, 4) is 0 Å². The molecule has 2 heterocycles. The number of nitrogens with one attached hydrogen (secondary N) is 2. The molecule has 0 aromatic heterocycles. The second-order valence-electron chi connectivity index (χ2n) is 9.47. The van der Waals surface area contributed by atoms with Gasteiger partial charge in [0.05, 0.1) is 51.8 Å². The van der Waals surface area contributed by atoms with E-state index in [0.717, 1.165) is 36.4 Å². The number of esters is 2. The number of hydrogen-bond donors (Lipinski definition) is 2. The van der Waals surface area contributed by atoms with E-state index in [-0.39, 0.29) is 25.4 Å². The first-order valence-electron chi connectivity index (χ1n) is 13.7. The maximum absolute atomic E-state index is 12.6. The fourth-order valence-electron chi connectivity index (χ4n) is 4.29. The monoisotopic (exact) mass is 554 g/mol. The molecule has 0 spiro atoms. The Morgan fingerprint density at radius 1 is 0.725 bits per heavy atom. The Morgan fingerprint density at radius 2 is 1.15 bits per heavy atom. The molecule has 2 saturated heterocycles. The average molecular weight is 555 g/mol. The number of morpholine rings is 2. The summed E-state index contributed by atoms with van der Waals surface area (Å²) >= 11 is 0. The lowest BCUT2D eigenvalue weighted by molar-refractivity contribution is -0.150.